The average Bonchev–Trinajstić information content (AvgIpc) is 3.17. The number of rotatable bonds is 12. The summed E-state index contributed by atoms with van der Waals surface area (Å²) in [4.78, 5) is 0. The van der Waals surface area contributed by atoms with E-state index < -0.39 is 179 Å². The van der Waals surface area contributed by atoms with E-state index in [0.29, 0.717) is 0 Å². The minimum atomic E-state index is -1.97. The fourth-order valence-corrected chi connectivity index (χ4v) is 7.36. The van der Waals surface area contributed by atoms with Crippen molar-refractivity contribution in [1.82, 2.24) is 0 Å². The van der Waals surface area contributed by atoms with Crippen LogP contribution in [-0.4, -0.2) is 240 Å². The predicted octanol–water partition coefficient (Wildman–Crippen LogP) is -5.93. The van der Waals surface area contributed by atoms with E-state index in [2.05, 4.69) is 0 Å². The Bertz CT molecular complexity index is 1300. The van der Waals surface area contributed by atoms with Crippen molar-refractivity contribution >= 4 is 0 Å². The molecule has 0 saturated carbocycles. The Labute approximate surface area is 417 Å². The molecule has 0 aromatic heterocycles. The van der Waals surface area contributed by atoms with Crippen molar-refractivity contribution in [2.45, 2.75) is 194 Å². The summed E-state index contributed by atoms with van der Waals surface area (Å²) in [5, 5.41) is 127. The molecule has 5 saturated heterocycles. The smallest absolute Gasteiger partial charge is 0.187 e. The number of hydrogen-bond donors (Lipinski definition) is 12. The number of ether oxygens (including phenoxy) is 10. The summed E-state index contributed by atoms with van der Waals surface area (Å²) in [6.45, 7) is 5.21. The fourth-order valence-electron chi connectivity index (χ4n) is 7.36. The second kappa shape index (κ2) is 23.8. The molecule has 346 valence electrons. The molecule has 0 amide bonds. The van der Waals surface area contributed by atoms with Crippen LogP contribution in [0.2, 0.25) is 0 Å². The topological polar surface area (TPSA) is 383 Å². The summed E-state index contributed by atoms with van der Waals surface area (Å²) in [5.74, 6) is 0. The molecule has 14 N–H and O–H groups in total. The minimum Gasteiger partial charge on any atom is -0.668 e. The fraction of sp³-hybridized carbons (Fsp3) is 1.00. The van der Waals surface area contributed by atoms with Crippen LogP contribution in [0.3, 0.4) is 0 Å². The van der Waals surface area contributed by atoms with E-state index in [4.69, 9.17) is 53.1 Å². The molecule has 24 nitrogen and oxygen atoms in total. The number of hydrogen-bond acceptors (Lipinski definition) is 22. The van der Waals surface area contributed by atoms with E-state index in [9.17, 15) is 67.0 Å². The first-order valence-electron chi connectivity index (χ1n) is 19.1. The van der Waals surface area contributed by atoms with Gasteiger partial charge >= 0.3 is 0 Å². The van der Waals surface area contributed by atoms with Crippen LogP contribution in [0.25, 0.3) is 11.5 Å². The number of aliphatic hydroxyl groups is 12. The molecule has 5 rings (SSSR count). The zero-order valence-corrected chi connectivity index (χ0v) is 43.1. The van der Waals surface area contributed by atoms with Gasteiger partial charge in [-0.25, -0.2) is 0 Å². The summed E-state index contributed by atoms with van der Waals surface area (Å²) in [5.41, 5.74) is 17.3. The molecular weight excluding hydrogens is 1240 g/mol. The molecule has 60 heavy (non-hydrogen) atoms. The van der Waals surface area contributed by atoms with Crippen molar-refractivity contribution in [3.8, 4) is 0 Å². The van der Waals surface area contributed by atoms with E-state index in [1.54, 1.807) is 20.8 Å². The van der Waals surface area contributed by atoms with Gasteiger partial charge in [0.25, 0.3) is 0 Å². The molecule has 26 heteroatoms. The first-order valence-corrected chi connectivity index (χ1v) is 19.1. The number of aliphatic hydroxyl groups excluding tert-OH is 12. The van der Waals surface area contributed by atoms with Crippen molar-refractivity contribution in [3.05, 3.63) is 11.5 Å². The van der Waals surface area contributed by atoms with Gasteiger partial charge in [-0.1, -0.05) is 12.1 Å². The molecule has 25 atom stereocenters. The van der Waals surface area contributed by atoms with E-state index in [1.807, 2.05) is 0 Å². The van der Waals surface area contributed by atoms with Crippen LogP contribution >= 0.6 is 0 Å². The summed E-state index contributed by atoms with van der Waals surface area (Å²) < 4.78 is 58.4. The summed E-state index contributed by atoms with van der Waals surface area (Å²) in [7, 11) is 0. The minimum absolute atomic E-state index is 0. The molecule has 0 bridgehead atoms. The molecule has 0 aliphatic carbocycles. The summed E-state index contributed by atoms with van der Waals surface area (Å²) in [6.07, 6.45) is -38.3. The van der Waals surface area contributed by atoms with Crippen LogP contribution in [0.15, 0.2) is 0 Å². The Morgan fingerprint density at radius 1 is 0.417 bits per heavy atom. The second-order valence-corrected chi connectivity index (χ2v) is 16.2. The largest absolute Gasteiger partial charge is 0.668 e. The predicted molar refractivity (Wildman–Crippen MR) is 187 cm³/mol. The van der Waals surface area contributed by atoms with Gasteiger partial charge in [-0.3, -0.25) is 0 Å². The van der Waals surface area contributed by atoms with Gasteiger partial charge in [-0.15, -0.1) is 0 Å². The van der Waals surface area contributed by atoms with Crippen LogP contribution in [0, 0.1) is 88.1 Å². The van der Waals surface area contributed by atoms with Crippen molar-refractivity contribution in [3.63, 3.8) is 0 Å². The molecule has 5 heterocycles. The first kappa shape index (κ1) is 56.2. The van der Waals surface area contributed by atoms with Gasteiger partial charge in [0.05, 0.1) is 49.8 Å². The van der Waals surface area contributed by atoms with Crippen LogP contribution < -0.4 is 0 Å². The third-order valence-corrected chi connectivity index (χ3v) is 10.8. The molecule has 2 radical (unpaired) electrons. The zero-order valence-electron chi connectivity index (χ0n) is 33.7. The summed E-state index contributed by atoms with van der Waals surface area (Å²) >= 11 is 0. The van der Waals surface area contributed by atoms with E-state index in [1.165, 1.54) is 13.8 Å². The van der Waals surface area contributed by atoms with Gasteiger partial charge < -0.3 is 120 Å². The molecule has 0 spiro atoms. The Hall–Kier alpha value is 1.92. The normalized spacial score (nSPS) is 50.4. The maximum Gasteiger partial charge on any atom is 0.187 e. The second-order valence-electron chi connectivity index (χ2n) is 16.2. The van der Waals surface area contributed by atoms with Crippen molar-refractivity contribution in [2.75, 3.05) is 19.8 Å². The molecule has 0 aromatic carbocycles. The molecular formula is C34H60Ac2N2O22-2. The third-order valence-electron chi connectivity index (χ3n) is 10.8. The van der Waals surface area contributed by atoms with E-state index in [-0.39, 0.29) is 88.1 Å². The van der Waals surface area contributed by atoms with Crippen molar-refractivity contribution in [2.24, 2.45) is 0 Å². The molecule has 15 unspecified atom stereocenters. The van der Waals surface area contributed by atoms with Gasteiger partial charge in [0, 0.05) is 88.1 Å². The Morgan fingerprint density at radius 2 is 0.817 bits per heavy atom. The van der Waals surface area contributed by atoms with Gasteiger partial charge in [-0.2, -0.15) is 0 Å². The first-order chi connectivity index (χ1) is 27.1. The zero-order chi connectivity index (χ0) is 43.1. The van der Waals surface area contributed by atoms with Crippen LogP contribution in [0.5, 0.6) is 0 Å². The molecule has 5 fully saturated rings. The van der Waals surface area contributed by atoms with E-state index >= 15 is 0 Å². The van der Waals surface area contributed by atoms with Crippen LogP contribution in [-0.2, 0) is 47.4 Å². The third kappa shape index (κ3) is 12.5. The standard InChI is InChI=1S/C34H60N2O22.2Ac/c1-9-16(40)20(44)23(47)31(49-9)56-27-15(36)29(55-26-14(35)30(58-34(3,4)5)51-12(7-38)19(26)43)53-13(8-39)25(27)54-33-28(22(46)18(42)11(6-37)52-33)57-32-24(48)21(45)17(41)10(2)50-32;;/h9-33,35-48H,6-8H2,1-5H3;;/q-2;;/t9?,10?,11?,12?,13?,14?,15?,16?,17-,18?,19?,20-,21?,22+,23?,24+,25?,26-,27-,28?,29+,30-,31+,32?,33+;;/m1../s1. The van der Waals surface area contributed by atoms with Gasteiger partial charge in [-0.05, 0) is 34.6 Å². The Kier molecular flexibility index (Phi) is 22.3. The van der Waals surface area contributed by atoms with Gasteiger partial charge in [0.2, 0.25) is 0 Å². The Balaban J connectivity index is 0.00000480. The monoisotopic (exact) mass is 1300 g/mol. The SMILES string of the molecule is CC1O[C@@H](O[C@H]2C(O[C@@H]3OC(CO)C(O)[C@H](O)C3OC3OC(C)[C@@H](O)C(O)[C@@H]3O)C(CO)O[C@@H](O[C@H]3C(O)C(CO)O[C@H](OC(C)(C)C)C3[NH-])C2[NH-])C(O)[C@H](O)C1O.[Ac].[Ac]. The quantitative estimate of drug-likeness (QED) is 0.0866. The molecule has 5 aliphatic heterocycles. The van der Waals surface area contributed by atoms with Crippen LogP contribution in [0.1, 0.15) is 34.6 Å². The average molecular weight is 1300 g/mol. The molecule has 0 aromatic rings. The van der Waals surface area contributed by atoms with Gasteiger partial charge in [0.1, 0.15) is 98.0 Å². The van der Waals surface area contributed by atoms with E-state index in [0.717, 1.165) is 0 Å². The maximum atomic E-state index is 11.2. The molecule has 5 aliphatic rings. The van der Waals surface area contributed by atoms with Crippen molar-refractivity contribution < 1.29 is 197 Å². The number of nitrogens with one attached hydrogen (secondary N) is 2. The van der Waals surface area contributed by atoms with Crippen LogP contribution in [0.4, 0.5) is 0 Å². The maximum absolute atomic E-state index is 11.2. The van der Waals surface area contributed by atoms with Gasteiger partial charge in [0.15, 0.2) is 18.9 Å². The summed E-state index contributed by atoms with van der Waals surface area (Å²) in [6, 6.07) is -3.35. The van der Waals surface area contributed by atoms with Crippen molar-refractivity contribution in [1.29, 1.82) is 0 Å². The Morgan fingerprint density at radius 3 is 1.30 bits per heavy atom.